The summed E-state index contributed by atoms with van der Waals surface area (Å²) in [6.45, 7) is 5.46. The minimum Gasteiger partial charge on any atom is -0.453 e. The Morgan fingerprint density at radius 2 is 2.33 bits per heavy atom. The van der Waals surface area contributed by atoms with Gasteiger partial charge in [-0.2, -0.15) is 0 Å². The first-order chi connectivity index (χ1) is 10.1. The van der Waals surface area contributed by atoms with Gasteiger partial charge in [-0.05, 0) is 30.7 Å². The third-order valence-corrected chi connectivity index (χ3v) is 3.93. The number of hydrogen-bond donors (Lipinski definition) is 2. The minimum absolute atomic E-state index is 0.106. The maximum atomic E-state index is 11.2. The van der Waals surface area contributed by atoms with Crippen molar-refractivity contribution in [1.29, 1.82) is 0 Å². The molecule has 1 saturated heterocycles. The van der Waals surface area contributed by atoms with Crippen molar-refractivity contribution < 1.29 is 9.53 Å². The molecule has 5 nitrogen and oxygen atoms in total. The first-order valence-corrected chi connectivity index (χ1v) is 7.60. The first kappa shape index (κ1) is 15.9. The zero-order valence-electron chi connectivity index (χ0n) is 12.5. The summed E-state index contributed by atoms with van der Waals surface area (Å²) in [6.07, 6.45) is 0.513. The fourth-order valence-electron chi connectivity index (χ4n) is 2.51. The molecule has 0 spiro atoms. The van der Waals surface area contributed by atoms with Gasteiger partial charge in [0.1, 0.15) is 0 Å². The van der Waals surface area contributed by atoms with Crippen LogP contribution in [-0.4, -0.2) is 38.9 Å². The molecule has 21 heavy (non-hydrogen) atoms. The summed E-state index contributed by atoms with van der Waals surface area (Å²) in [6, 6.07) is 6.25. The molecule has 1 amide bonds. The van der Waals surface area contributed by atoms with Crippen LogP contribution >= 0.6 is 11.6 Å². The lowest BCUT2D eigenvalue weighted by Crippen LogP contribution is -2.37. The summed E-state index contributed by atoms with van der Waals surface area (Å²) in [4.78, 5) is 13.4. The monoisotopic (exact) mass is 311 g/mol. The van der Waals surface area contributed by atoms with Crippen molar-refractivity contribution in [3.63, 3.8) is 0 Å². The molecule has 1 aromatic carbocycles. The van der Waals surface area contributed by atoms with Gasteiger partial charge in [0.15, 0.2) is 0 Å². The van der Waals surface area contributed by atoms with Crippen LogP contribution in [0.1, 0.15) is 18.9 Å². The normalized spacial score (nSPS) is 17.9. The molecule has 1 aliphatic rings. The number of hydrogen-bond acceptors (Lipinski definition) is 4. The Morgan fingerprint density at radius 3 is 3.00 bits per heavy atom. The summed E-state index contributed by atoms with van der Waals surface area (Å²) in [5.41, 5.74) is 2.19. The van der Waals surface area contributed by atoms with Crippen molar-refractivity contribution in [2.24, 2.45) is 0 Å². The Balaban J connectivity index is 1.98. The number of ether oxygens (including phenoxy) is 1. The van der Waals surface area contributed by atoms with Crippen molar-refractivity contribution in [2.75, 3.05) is 31.6 Å². The SMILES string of the molecule is CCNCc1ccc(N2CCC(NC(=O)OC)C2)c(Cl)c1. The molecule has 0 saturated carbocycles. The van der Waals surface area contributed by atoms with Gasteiger partial charge in [-0.1, -0.05) is 24.6 Å². The number of halogens is 1. The fraction of sp³-hybridized carbons (Fsp3) is 0.533. The maximum Gasteiger partial charge on any atom is 0.407 e. The molecule has 1 atom stereocenters. The molecule has 1 aromatic rings. The molecule has 0 radical (unpaired) electrons. The Labute approximate surface area is 130 Å². The van der Waals surface area contributed by atoms with Gasteiger partial charge in [-0.3, -0.25) is 0 Å². The zero-order chi connectivity index (χ0) is 15.2. The summed E-state index contributed by atoms with van der Waals surface area (Å²) in [5, 5.41) is 6.87. The van der Waals surface area contributed by atoms with Gasteiger partial charge in [0.05, 0.1) is 23.9 Å². The molecule has 1 unspecified atom stereocenters. The highest BCUT2D eigenvalue weighted by Crippen LogP contribution is 2.29. The highest BCUT2D eigenvalue weighted by atomic mass is 35.5. The second-order valence-corrected chi connectivity index (χ2v) is 5.54. The Morgan fingerprint density at radius 1 is 1.52 bits per heavy atom. The quantitative estimate of drug-likeness (QED) is 0.876. The van der Waals surface area contributed by atoms with Crippen molar-refractivity contribution in [3.8, 4) is 0 Å². The van der Waals surface area contributed by atoms with Crippen LogP contribution in [0.3, 0.4) is 0 Å². The number of methoxy groups -OCH3 is 1. The van der Waals surface area contributed by atoms with Gasteiger partial charge in [0.2, 0.25) is 0 Å². The average Bonchev–Trinajstić information content (AvgIpc) is 2.93. The number of alkyl carbamates (subject to hydrolysis) is 1. The third kappa shape index (κ3) is 4.25. The summed E-state index contributed by atoms with van der Waals surface area (Å²) >= 11 is 6.39. The standard InChI is InChI=1S/C15H22ClN3O2/c1-3-17-9-11-4-5-14(13(16)8-11)19-7-6-12(10-19)18-15(20)21-2/h4-5,8,12,17H,3,6-7,9-10H2,1-2H3,(H,18,20). The molecule has 6 heteroatoms. The van der Waals surface area contributed by atoms with Crippen LogP contribution in [0.5, 0.6) is 0 Å². The van der Waals surface area contributed by atoms with E-state index in [4.69, 9.17) is 11.6 Å². The predicted octanol–water partition coefficient (Wildman–Crippen LogP) is 2.38. The topological polar surface area (TPSA) is 53.6 Å². The molecule has 0 aliphatic carbocycles. The van der Waals surface area contributed by atoms with Crippen LogP contribution in [-0.2, 0) is 11.3 Å². The second-order valence-electron chi connectivity index (χ2n) is 5.13. The molecule has 2 rings (SSSR count). The van der Waals surface area contributed by atoms with E-state index >= 15 is 0 Å². The first-order valence-electron chi connectivity index (χ1n) is 7.22. The van der Waals surface area contributed by atoms with Crippen molar-refractivity contribution in [2.45, 2.75) is 25.9 Å². The van der Waals surface area contributed by atoms with Crippen LogP contribution in [0, 0.1) is 0 Å². The van der Waals surface area contributed by atoms with Crippen molar-refractivity contribution in [3.05, 3.63) is 28.8 Å². The lowest BCUT2D eigenvalue weighted by atomic mass is 10.2. The van der Waals surface area contributed by atoms with E-state index in [0.717, 1.165) is 43.3 Å². The lowest BCUT2D eigenvalue weighted by Gasteiger charge is -2.21. The number of carbonyl (C=O) groups excluding carboxylic acids is 1. The highest BCUT2D eigenvalue weighted by Gasteiger charge is 2.25. The van der Waals surface area contributed by atoms with Gasteiger partial charge in [0.25, 0.3) is 0 Å². The predicted molar refractivity (Wildman–Crippen MR) is 85.0 cm³/mol. The van der Waals surface area contributed by atoms with E-state index in [1.54, 1.807) is 0 Å². The van der Waals surface area contributed by atoms with E-state index in [1.807, 2.05) is 6.07 Å². The highest BCUT2D eigenvalue weighted by molar-refractivity contribution is 6.33. The molecular weight excluding hydrogens is 290 g/mol. The fourth-order valence-corrected chi connectivity index (χ4v) is 2.83. The number of benzene rings is 1. The van der Waals surface area contributed by atoms with Gasteiger partial charge in [-0.15, -0.1) is 0 Å². The minimum atomic E-state index is -0.381. The molecule has 1 fully saturated rings. The van der Waals surface area contributed by atoms with Crippen molar-refractivity contribution in [1.82, 2.24) is 10.6 Å². The third-order valence-electron chi connectivity index (χ3n) is 3.63. The van der Waals surface area contributed by atoms with E-state index in [9.17, 15) is 4.79 Å². The number of anilines is 1. The number of rotatable bonds is 5. The van der Waals surface area contributed by atoms with Gasteiger partial charge >= 0.3 is 6.09 Å². The Kier molecular flexibility index (Phi) is 5.70. The van der Waals surface area contributed by atoms with Gasteiger partial charge in [0, 0.05) is 19.6 Å². The lowest BCUT2D eigenvalue weighted by molar-refractivity contribution is 0.167. The number of amides is 1. The Hall–Kier alpha value is -1.46. The van der Waals surface area contributed by atoms with E-state index in [-0.39, 0.29) is 12.1 Å². The second kappa shape index (κ2) is 7.52. The van der Waals surface area contributed by atoms with E-state index in [1.165, 1.54) is 12.7 Å². The number of carbonyl (C=O) groups is 1. The van der Waals surface area contributed by atoms with Crippen LogP contribution < -0.4 is 15.5 Å². The zero-order valence-corrected chi connectivity index (χ0v) is 13.2. The molecule has 0 bridgehead atoms. The molecule has 116 valence electrons. The van der Waals surface area contributed by atoms with Crippen LogP contribution in [0.2, 0.25) is 5.02 Å². The average molecular weight is 312 g/mol. The van der Waals surface area contributed by atoms with Crippen LogP contribution in [0.4, 0.5) is 10.5 Å². The Bertz CT molecular complexity index is 496. The van der Waals surface area contributed by atoms with Crippen LogP contribution in [0.15, 0.2) is 18.2 Å². The maximum absolute atomic E-state index is 11.2. The van der Waals surface area contributed by atoms with Crippen molar-refractivity contribution >= 4 is 23.4 Å². The largest absolute Gasteiger partial charge is 0.453 e. The summed E-state index contributed by atoms with van der Waals surface area (Å²) in [5.74, 6) is 0. The number of nitrogens with zero attached hydrogens (tertiary/aromatic N) is 1. The summed E-state index contributed by atoms with van der Waals surface area (Å²) in [7, 11) is 1.38. The smallest absolute Gasteiger partial charge is 0.407 e. The molecule has 1 aliphatic heterocycles. The van der Waals surface area contributed by atoms with Crippen LogP contribution in [0.25, 0.3) is 0 Å². The number of nitrogens with one attached hydrogen (secondary N) is 2. The van der Waals surface area contributed by atoms with Gasteiger partial charge in [-0.25, -0.2) is 4.79 Å². The van der Waals surface area contributed by atoms with E-state index in [0.29, 0.717) is 0 Å². The molecule has 2 N–H and O–H groups in total. The molecule has 0 aromatic heterocycles. The molecule has 1 heterocycles. The van der Waals surface area contributed by atoms with E-state index in [2.05, 4.69) is 39.3 Å². The molecular formula is C15H22ClN3O2. The summed E-state index contributed by atoms with van der Waals surface area (Å²) < 4.78 is 4.63. The van der Waals surface area contributed by atoms with Gasteiger partial charge < -0.3 is 20.3 Å². The van der Waals surface area contributed by atoms with E-state index < -0.39 is 0 Å².